The van der Waals surface area contributed by atoms with Gasteiger partial charge in [-0.2, -0.15) is 0 Å². The maximum absolute atomic E-state index is 12.6. The Morgan fingerprint density at radius 3 is 2.54 bits per heavy atom. The highest BCUT2D eigenvalue weighted by atomic mass is 16.5. The number of carbonyl (C=O) groups is 3. The number of pyridine rings is 1. The molecule has 4 rings (SSSR count). The number of aromatic nitrogens is 1. The van der Waals surface area contributed by atoms with Crippen LogP contribution in [0.4, 0.5) is 16.2 Å². The summed E-state index contributed by atoms with van der Waals surface area (Å²) < 4.78 is 11.7. The Balaban J connectivity index is 1.62. The number of benzene rings is 2. The number of aliphatic hydroxyl groups is 1. The van der Waals surface area contributed by atoms with Crippen molar-refractivity contribution in [2.24, 2.45) is 5.73 Å². The number of amides is 4. The maximum atomic E-state index is 12.6. The molecular weight excluding hydrogens is 526 g/mol. The van der Waals surface area contributed by atoms with E-state index in [2.05, 4.69) is 10.3 Å². The van der Waals surface area contributed by atoms with Gasteiger partial charge in [-0.15, -0.1) is 0 Å². The number of likely N-dealkylation sites (N-methyl/N-ethyl adjacent to an activating group) is 1. The number of hydrogen-bond donors (Lipinski definition) is 3. The number of rotatable bonds is 12. The fourth-order valence-corrected chi connectivity index (χ4v) is 5.02. The molecule has 0 spiro atoms. The Hall–Kier alpha value is -4.38. The molecular formula is C30H37N5O6. The van der Waals surface area contributed by atoms with Crippen LogP contribution in [-0.2, 0) is 29.0 Å². The third kappa shape index (κ3) is 5.76. The molecule has 1 fully saturated rings. The van der Waals surface area contributed by atoms with Gasteiger partial charge in [0.25, 0.3) is 5.91 Å². The lowest BCUT2D eigenvalue weighted by atomic mass is 10.0. The molecule has 218 valence electrons. The third-order valence-corrected chi connectivity index (χ3v) is 7.56. The molecule has 0 atom stereocenters. The number of urea groups is 1. The first-order chi connectivity index (χ1) is 19.5. The van der Waals surface area contributed by atoms with Crippen LogP contribution in [0.3, 0.4) is 0 Å². The van der Waals surface area contributed by atoms with Crippen LogP contribution in [0, 0.1) is 0 Å². The zero-order chi connectivity index (χ0) is 29.9. The standard InChI is InChI=1S/C30H37N5O6/c1-6-20-18(17-36)9-7-10-22(20)33-27-19(13-26(31)37)16-32-23-15-25(24(40-5)14-21(23)27)41-12-8-11-35-28(38)30(2,3)34(4)29(35)39/h7,9-10,14-16,36H,6,8,11-13,17H2,1-5H3,(H2,31,37)(H,32,33). The summed E-state index contributed by atoms with van der Waals surface area (Å²) >= 11 is 0. The first-order valence-corrected chi connectivity index (χ1v) is 13.5. The summed E-state index contributed by atoms with van der Waals surface area (Å²) in [6.45, 7) is 5.84. The van der Waals surface area contributed by atoms with Crippen LogP contribution in [0.2, 0.25) is 0 Å². The van der Waals surface area contributed by atoms with E-state index in [0.717, 1.165) is 16.8 Å². The van der Waals surface area contributed by atoms with Crippen molar-refractivity contribution in [3.8, 4) is 11.5 Å². The number of nitrogens with zero attached hydrogens (tertiary/aromatic N) is 3. The molecule has 11 heteroatoms. The number of nitrogens with one attached hydrogen (secondary N) is 1. The molecule has 1 aliphatic rings. The predicted molar refractivity (Wildman–Crippen MR) is 155 cm³/mol. The zero-order valence-corrected chi connectivity index (χ0v) is 24.1. The second kappa shape index (κ2) is 12.0. The highest BCUT2D eigenvalue weighted by Gasteiger charge is 2.48. The van der Waals surface area contributed by atoms with Gasteiger partial charge in [0.2, 0.25) is 5.91 Å². The molecule has 4 N–H and O–H groups in total. The second-order valence-electron chi connectivity index (χ2n) is 10.5. The Morgan fingerprint density at radius 2 is 1.93 bits per heavy atom. The van der Waals surface area contributed by atoms with Crippen molar-refractivity contribution in [3.63, 3.8) is 0 Å². The average Bonchev–Trinajstić information content (AvgIpc) is 3.09. The normalized spacial score (nSPS) is 14.6. The highest BCUT2D eigenvalue weighted by molar-refractivity contribution is 6.06. The molecule has 1 aromatic heterocycles. The van der Waals surface area contributed by atoms with Gasteiger partial charge in [0.15, 0.2) is 11.5 Å². The van der Waals surface area contributed by atoms with Crippen LogP contribution in [0.15, 0.2) is 36.5 Å². The van der Waals surface area contributed by atoms with Crippen LogP contribution in [0.5, 0.6) is 11.5 Å². The number of ether oxygens (including phenoxy) is 2. The first kappa shape index (κ1) is 29.6. The van der Waals surface area contributed by atoms with Crippen molar-refractivity contribution < 1.29 is 29.0 Å². The Labute approximate surface area is 239 Å². The molecule has 11 nitrogen and oxygen atoms in total. The number of aliphatic hydroxyl groups excluding tert-OH is 1. The summed E-state index contributed by atoms with van der Waals surface area (Å²) in [7, 11) is 3.15. The van der Waals surface area contributed by atoms with E-state index in [9.17, 15) is 19.5 Å². The van der Waals surface area contributed by atoms with Gasteiger partial charge < -0.3 is 30.5 Å². The number of nitrogens with two attached hydrogens (primary N) is 1. The molecule has 4 amide bonds. The third-order valence-electron chi connectivity index (χ3n) is 7.56. The lowest BCUT2D eigenvalue weighted by molar-refractivity contribution is -0.131. The molecule has 0 radical (unpaired) electrons. The smallest absolute Gasteiger partial charge is 0.327 e. The van der Waals surface area contributed by atoms with E-state index in [1.165, 1.54) is 16.9 Å². The first-order valence-electron chi connectivity index (χ1n) is 13.5. The number of hydrogen-bond acceptors (Lipinski definition) is 8. The van der Waals surface area contributed by atoms with Crippen LogP contribution in [0.25, 0.3) is 10.9 Å². The molecule has 0 unspecified atom stereocenters. The zero-order valence-electron chi connectivity index (χ0n) is 24.1. The summed E-state index contributed by atoms with van der Waals surface area (Å²) in [6, 6.07) is 8.87. The minimum absolute atomic E-state index is 0.0209. The fraction of sp³-hybridized carbons (Fsp3) is 0.400. The van der Waals surface area contributed by atoms with Gasteiger partial charge >= 0.3 is 6.03 Å². The second-order valence-corrected chi connectivity index (χ2v) is 10.5. The predicted octanol–water partition coefficient (Wildman–Crippen LogP) is 3.51. The Bertz CT molecular complexity index is 1490. The number of primary amides is 1. The highest BCUT2D eigenvalue weighted by Crippen LogP contribution is 2.38. The number of anilines is 2. The van der Waals surface area contributed by atoms with Crippen LogP contribution < -0.4 is 20.5 Å². The average molecular weight is 564 g/mol. The number of carbonyl (C=O) groups excluding carboxylic acids is 3. The van der Waals surface area contributed by atoms with Crippen molar-refractivity contribution in [3.05, 3.63) is 53.2 Å². The van der Waals surface area contributed by atoms with Gasteiger partial charge in [0.05, 0.1) is 37.9 Å². The monoisotopic (exact) mass is 563 g/mol. The number of fused-ring (bicyclic) bond motifs is 1. The minimum Gasteiger partial charge on any atom is -0.493 e. The van der Waals surface area contributed by atoms with Crippen molar-refractivity contribution in [2.45, 2.75) is 52.2 Å². The van der Waals surface area contributed by atoms with Crippen LogP contribution in [0.1, 0.15) is 43.9 Å². The van der Waals surface area contributed by atoms with Crippen LogP contribution >= 0.6 is 0 Å². The van der Waals surface area contributed by atoms with Crippen molar-refractivity contribution in [2.75, 3.05) is 32.6 Å². The molecule has 3 aromatic rings. The molecule has 1 aliphatic heterocycles. The largest absolute Gasteiger partial charge is 0.493 e. The summed E-state index contributed by atoms with van der Waals surface area (Å²) in [4.78, 5) is 44.3. The van der Waals surface area contributed by atoms with Gasteiger partial charge in [-0.1, -0.05) is 19.1 Å². The van der Waals surface area contributed by atoms with Crippen LogP contribution in [-0.4, -0.2) is 70.6 Å². The summed E-state index contributed by atoms with van der Waals surface area (Å²) in [5, 5.41) is 14.0. The summed E-state index contributed by atoms with van der Waals surface area (Å²) in [6.07, 6.45) is 2.71. The molecule has 0 aliphatic carbocycles. The van der Waals surface area contributed by atoms with E-state index >= 15 is 0 Å². The molecule has 0 saturated carbocycles. The Morgan fingerprint density at radius 1 is 1.17 bits per heavy atom. The molecule has 1 saturated heterocycles. The van der Waals surface area contributed by atoms with Gasteiger partial charge in [-0.3, -0.25) is 19.5 Å². The minimum atomic E-state index is -0.873. The van der Waals surface area contributed by atoms with E-state index in [4.69, 9.17) is 15.2 Å². The summed E-state index contributed by atoms with van der Waals surface area (Å²) in [5.74, 6) is 0.173. The molecule has 2 heterocycles. The topological polar surface area (TPSA) is 147 Å². The van der Waals surface area contributed by atoms with Crippen molar-refractivity contribution in [1.82, 2.24) is 14.8 Å². The fourth-order valence-electron chi connectivity index (χ4n) is 5.02. The molecule has 41 heavy (non-hydrogen) atoms. The Kier molecular flexibility index (Phi) is 8.67. The van der Waals surface area contributed by atoms with E-state index < -0.39 is 11.4 Å². The van der Waals surface area contributed by atoms with Gasteiger partial charge in [-0.25, -0.2) is 4.79 Å². The van der Waals surface area contributed by atoms with E-state index in [0.29, 0.717) is 46.5 Å². The van der Waals surface area contributed by atoms with Gasteiger partial charge in [-0.05, 0) is 49.9 Å². The van der Waals surface area contributed by atoms with Crippen molar-refractivity contribution in [1.29, 1.82) is 0 Å². The number of imide groups is 1. The quantitative estimate of drug-likeness (QED) is 0.224. The van der Waals surface area contributed by atoms with Crippen molar-refractivity contribution >= 4 is 40.1 Å². The lowest BCUT2D eigenvalue weighted by Gasteiger charge is -2.22. The SMILES string of the molecule is CCc1c(CO)cccc1Nc1c(CC(N)=O)cnc2cc(OCCCN3C(=O)N(C)C(C)(C)C3=O)c(OC)cc12. The maximum Gasteiger partial charge on any atom is 0.327 e. The van der Waals surface area contributed by atoms with E-state index in [1.54, 1.807) is 39.2 Å². The van der Waals surface area contributed by atoms with Gasteiger partial charge in [0, 0.05) is 42.5 Å². The summed E-state index contributed by atoms with van der Waals surface area (Å²) in [5.41, 5.74) is 9.11. The molecule has 0 bridgehead atoms. The molecule has 2 aromatic carbocycles. The lowest BCUT2D eigenvalue weighted by Crippen LogP contribution is -2.41. The van der Waals surface area contributed by atoms with E-state index in [1.807, 2.05) is 25.1 Å². The van der Waals surface area contributed by atoms with Gasteiger partial charge in [0.1, 0.15) is 5.54 Å². The number of methoxy groups -OCH3 is 1. The van der Waals surface area contributed by atoms with E-state index in [-0.39, 0.29) is 38.1 Å².